The topological polar surface area (TPSA) is 51.7 Å². The third-order valence-electron chi connectivity index (χ3n) is 3.37. The van der Waals surface area contributed by atoms with Crippen LogP contribution < -0.4 is 4.90 Å². The number of anilines is 1. The Morgan fingerprint density at radius 2 is 2.40 bits per heavy atom. The van der Waals surface area contributed by atoms with Crippen molar-refractivity contribution in [2.45, 2.75) is 26.7 Å². The van der Waals surface area contributed by atoms with Gasteiger partial charge in [0.1, 0.15) is 0 Å². The van der Waals surface area contributed by atoms with Gasteiger partial charge in [-0.05, 0) is 32.6 Å². The predicted octanol–water partition coefficient (Wildman–Crippen LogP) is 2.49. The van der Waals surface area contributed by atoms with Gasteiger partial charge in [0.2, 0.25) is 0 Å². The minimum absolute atomic E-state index is 0.332. The molecule has 0 saturated carbocycles. The molecule has 0 spiro atoms. The van der Waals surface area contributed by atoms with Crippen molar-refractivity contribution in [3.8, 4) is 0 Å². The predicted molar refractivity (Wildman–Crippen MR) is 79.6 cm³/mol. The molecular weight excluding hydrogens is 276 g/mol. The molecule has 2 rings (SSSR count). The smallest absolute Gasteiger partial charge is 0.358 e. The van der Waals surface area contributed by atoms with Gasteiger partial charge < -0.3 is 14.4 Å². The van der Waals surface area contributed by atoms with Crippen LogP contribution in [-0.2, 0) is 9.47 Å². The summed E-state index contributed by atoms with van der Waals surface area (Å²) in [6, 6.07) is 0. The lowest BCUT2D eigenvalue weighted by molar-refractivity contribution is 0.0519. The molecule has 1 aliphatic rings. The molecule has 6 heteroatoms. The highest BCUT2D eigenvalue weighted by atomic mass is 32.1. The molecule has 1 aliphatic heterocycles. The number of esters is 1. The number of ether oxygens (including phenoxy) is 2. The molecule has 1 saturated heterocycles. The largest absolute Gasteiger partial charge is 0.461 e. The van der Waals surface area contributed by atoms with Gasteiger partial charge in [-0.1, -0.05) is 0 Å². The lowest BCUT2D eigenvalue weighted by Crippen LogP contribution is -2.30. The average molecular weight is 298 g/mol. The molecule has 1 fully saturated rings. The third-order valence-corrected chi connectivity index (χ3v) is 4.45. The zero-order valence-electron chi connectivity index (χ0n) is 12.3. The molecule has 0 amide bonds. The first-order chi connectivity index (χ1) is 9.61. The number of nitrogens with zero attached hydrogens (tertiary/aromatic N) is 2. The zero-order valence-corrected chi connectivity index (χ0v) is 13.2. The Balaban J connectivity index is 2.00. The van der Waals surface area contributed by atoms with Gasteiger partial charge in [0.25, 0.3) is 0 Å². The first kappa shape index (κ1) is 15.3. The van der Waals surface area contributed by atoms with Gasteiger partial charge in [-0.25, -0.2) is 9.78 Å². The maximum absolute atomic E-state index is 11.8. The summed E-state index contributed by atoms with van der Waals surface area (Å²) in [4.78, 5) is 19.2. The van der Waals surface area contributed by atoms with Crippen molar-refractivity contribution in [3.63, 3.8) is 0 Å². The molecule has 0 bridgehead atoms. The van der Waals surface area contributed by atoms with Gasteiger partial charge in [0.05, 0.1) is 13.2 Å². The van der Waals surface area contributed by atoms with Crippen LogP contribution in [0.4, 0.5) is 5.13 Å². The molecule has 0 radical (unpaired) electrons. The Kier molecular flexibility index (Phi) is 5.37. The summed E-state index contributed by atoms with van der Waals surface area (Å²) >= 11 is 1.54. The van der Waals surface area contributed by atoms with E-state index in [2.05, 4.69) is 9.88 Å². The van der Waals surface area contributed by atoms with Crippen molar-refractivity contribution in [3.05, 3.63) is 10.6 Å². The molecule has 1 aromatic heterocycles. The molecule has 5 nitrogen and oxygen atoms in total. The number of hydrogen-bond donors (Lipinski definition) is 0. The number of rotatable bonds is 5. The lowest BCUT2D eigenvalue weighted by atomic mass is 10.0. The van der Waals surface area contributed by atoms with Gasteiger partial charge >= 0.3 is 5.97 Å². The van der Waals surface area contributed by atoms with Crippen LogP contribution in [-0.4, -0.2) is 44.4 Å². The van der Waals surface area contributed by atoms with Gasteiger partial charge in [-0.15, -0.1) is 11.3 Å². The summed E-state index contributed by atoms with van der Waals surface area (Å²) in [5.41, 5.74) is 0.443. The fourth-order valence-corrected chi connectivity index (χ4v) is 3.22. The van der Waals surface area contributed by atoms with E-state index < -0.39 is 0 Å². The van der Waals surface area contributed by atoms with E-state index in [0.717, 1.165) is 36.2 Å². The molecule has 1 atom stereocenters. The van der Waals surface area contributed by atoms with E-state index in [0.29, 0.717) is 18.2 Å². The second kappa shape index (κ2) is 7.04. The van der Waals surface area contributed by atoms with E-state index in [1.54, 1.807) is 6.92 Å². The second-order valence-electron chi connectivity index (χ2n) is 5.09. The Bertz CT molecular complexity index is 455. The van der Waals surface area contributed by atoms with Gasteiger partial charge in [-0.3, -0.25) is 0 Å². The fraction of sp³-hybridized carbons (Fsp3) is 0.714. The molecule has 2 heterocycles. The zero-order chi connectivity index (χ0) is 14.5. The minimum Gasteiger partial charge on any atom is -0.461 e. The fourth-order valence-electron chi connectivity index (χ4n) is 2.35. The van der Waals surface area contributed by atoms with Crippen molar-refractivity contribution < 1.29 is 14.3 Å². The summed E-state index contributed by atoms with van der Waals surface area (Å²) in [5, 5.41) is 0.871. The van der Waals surface area contributed by atoms with E-state index in [4.69, 9.17) is 9.47 Å². The van der Waals surface area contributed by atoms with Crippen LogP contribution in [0.2, 0.25) is 0 Å². The normalized spacial score (nSPS) is 18.9. The maximum atomic E-state index is 11.8. The summed E-state index contributed by atoms with van der Waals surface area (Å²) in [6.45, 7) is 6.69. The van der Waals surface area contributed by atoms with E-state index in [-0.39, 0.29) is 5.97 Å². The van der Waals surface area contributed by atoms with Crippen molar-refractivity contribution in [2.24, 2.45) is 5.92 Å². The Hall–Kier alpha value is -1.14. The summed E-state index contributed by atoms with van der Waals surface area (Å²) < 4.78 is 10.5. The monoisotopic (exact) mass is 298 g/mol. The van der Waals surface area contributed by atoms with Crippen LogP contribution in [0, 0.1) is 12.8 Å². The van der Waals surface area contributed by atoms with E-state index >= 15 is 0 Å². The quantitative estimate of drug-likeness (QED) is 0.782. The van der Waals surface area contributed by atoms with Gasteiger partial charge in [-0.2, -0.15) is 0 Å². The van der Waals surface area contributed by atoms with Crippen LogP contribution in [0.3, 0.4) is 0 Å². The molecule has 0 aromatic carbocycles. The SMILES string of the molecule is CCOC(=O)c1nc(N(C)CC2CCCOC2)sc1C. The molecular formula is C14H22N2O3S. The highest BCUT2D eigenvalue weighted by Crippen LogP contribution is 2.27. The number of carbonyl (C=O) groups is 1. The van der Waals surface area contributed by atoms with E-state index in [9.17, 15) is 4.79 Å². The molecule has 0 aliphatic carbocycles. The van der Waals surface area contributed by atoms with Crippen molar-refractivity contribution in [1.82, 2.24) is 4.98 Å². The summed E-state index contributed by atoms with van der Waals surface area (Å²) in [6.07, 6.45) is 2.32. The maximum Gasteiger partial charge on any atom is 0.358 e. The Morgan fingerprint density at radius 1 is 1.60 bits per heavy atom. The van der Waals surface area contributed by atoms with E-state index in [1.807, 2.05) is 14.0 Å². The standard InChI is InChI=1S/C14H22N2O3S/c1-4-19-13(17)12-10(2)20-14(15-12)16(3)8-11-6-5-7-18-9-11/h11H,4-9H2,1-3H3. The van der Waals surface area contributed by atoms with Gasteiger partial charge in [0.15, 0.2) is 10.8 Å². The van der Waals surface area contributed by atoms with Crippen molar-refractivity contribution >= 4 is 22.4 Å². The van der Waals surface area contributed by atoms with Gasteiger partial charge in [0, 0.05) is 25.1 Å². The highest BCUT2D eigenvalue weighted by Gasteiger charge is 2.21. The summed E-state index contributed by atoms with van der Waals surface area (Å²) in [5.74, 6) is 0.214. The van der Waals surface area contributed by atoms with Crippen LogP contribution in [0.15, 0.2) is 0 Å². The van der Waals surface area contributed by atoms with Crippen LogP contribution in [0.25, 0.3) is 0 Å². The van der Waals surface area contributed by atoms with Crippen LogP contribution in [0.5, 0.6) is 0 Å². The molecule has 20 heavy (non-hydrogen) atoms. The number of hydrogen-bond acceptors (Lipinski definition) is 6. The number of carbonyl (C=O) groups excluding carboxylic acids is 1. The average Bonchev–Trinajstić information content (AvgIpc) is 2.82. The number of aryl methyl sites for hydroxylation is 1. The van der Waals surface area contributed by atoms with E-state index in [1.165, 1.54) is 17.8 Å². The highest BCUT2D eigenvalue weighted by molar-refractivity contribution is 7.15. The molecule has 1 unspecified atom stereocenters. The first-order valence-electron chi connectivity index (χ1n) is 7.05. The lowest BCUT2D eigenvalue weighted by Gasteiger charge is -2.26. The van der Waals surface area contributed by atoms with Crippen LogP contribution >= 0.6 is 11.3 Å². The minimum atomic E-state index is -0.332. The third kappa shape index (κ3) is 3.70. The first-order valence-corrected chi connectivity index (χ1v) is 7.87. The molecule has 112 valence electrons. The molecule has 1 aromatic rings. The Morgan fingerprint density at radius 3 is 3.05 bits per heavy atom. The molecule has 0 N–H and O–H groups in total. The second-order valence-corrected chi connectivity index (χ2v) is 6.27. The van der Waals surface area contributed by atoms with Crippen molar-refractivity contribution in [1.29, 1.82) is 0 Å². The number of aromatic nitrogens is 1. The van der Waals surface area contributed by atoms with Crippen LogP contribution in [0.1, 0.15) is 35.1 Å². The summed E-state index contributed by atoms with van der Waals surface area (Å²) in [7, 11) is 2.02. The number of thiazole rings is 1. The van der Waals surface area contributed by atoms with Crippen molar-refractivity contribution in [2.75, 3.05) is 38.3 Å². The Labute approximate surface area is 123 Å².